The molecule has 0 aliphatic heterocycles. The number of unbranched alkanes of at least 4 members (excludes halogenated alkanes) is 14. The maximum absolute atomic E-state index is 12.3. The zero-order chi connectivity index (χ0) is 46.8. The van der Waals surface area contributed by atoms with Crippen LogP contribution in [0.25, 0.3) is 0 Å². The molecule has 19 heteroatoms. The number of alkyl halides is 1. The number of carbonyl (C=O) groups is 5. The summed E-state index contributed by atoms with van der Waals surface area (Å²) in [6, 6.07) is -0.930. The quantitative estimate of drug-likeness (QED) is 0.0389. The molecule has 3 amide bonds. The number of rotatable bonds is 52. The summed E-state index contributed by atoms with van der Waals surface area (Å²) in [6.45, 7) is 7.80. The maximum Gasteiger partial charge on any atom is 0.326 e. The first-order chi connectivity index (χ1) is 31.3. The van der Waals surface area contributed by atoms with E-state index in [-0.39, 0.29) is 42.5 Å². The van der Waals surface area contributed by atoms with Crippen LogP contribution in [0.4, 0.5) is 0 Å². The molecule has 0 saturated carbocycles. The molecule has 376 valence electrons. The highest BCUT2D eigenvalue weighted by atomic mass is 79.9. The smallest absolute Gasteiger partial charge is 0.326 e. The summed E-state index contributed by atoms with van der Waals surface area (Å²) in [5.74, 6) is -2.19. The van der Waals surface area contributed by atoms with Crippen molar-refractivity contribution in [2.45, 2.75) is 134 Å². The van der Waals surface area contributed by atoms with Crippen LogP contribution in [0, 0.1) is 0 Å². The molecule has 0 fully saturated rings. The van der Waals surface area contributed by atoms with Crippen molar-refractivity contribution in [1.82, 2.24) is 16.0 Å². The predicted molar refractivity (Wildman–Crippen MR) is 246 cm³/mol. The van der Waals surface area contributed by atoms with Crippen molar-refractivity contribution in [3.8, 4) is 0 Å². The Labute approximate surface area is 391 Å². The van der Waals surface area contributed by atoms with Gasteiger partial charge in [0, 0.05) is 32.4 Å². The predicted octanol–water partition coefficient (Wildman–Crippen LogP) is 5.20. The fraction of sp³-hybridized carbons (Fsp3) is 0.889. The van der Waals surface area contributed by atoms with Crippen LogP contribution in [0.15, 0.2) is 0 Å². The molecular weight excluding hydrogens is 902 g/mol. The second kappa shape index (κ2) is 49.9. The van der Waals surface area contributed by atoms with E-state index in [1.54, 1.807) is 0 Å². The molecule has 0 aliphatic rings. The van der Waals surface area contributed by atoms with Gasteiger partial charge in [-0.05, 0) is 32.1 Å². The lowest BCUT2D eigenvalue weighted by Gasteiger charge is -2.14. The van der Waals surface area contributed by atoms with Gasteiger partial charge in [-0.1, -0.05) is 93.0 Å². The minimum Gasteiger partial charge on any atom is -0.481 e. The van der Waals surface area contributed by atoms with Gasteiger partial charge in [0.2, 0.25) is 17.7 Å². The number of carbonyl (C=O) groups excluding carboxylic acids is 3. The van der Waals surface area contributed by atoms with Crippen molar-refractivity contribution < 1.29 is 72.1 Å². The van der Waals surface area contributed by atoms with Crippen LogP contribution in [0.1, 0.15) is 128 Å². The summed E-state index contributed by atoms with van der Waals surface area (Å²) in [7, 11) is 0. The van der Waals surface area contributed by atoms with Gasteiger partial charge in [0.15, 0.2) is 0 Å². The van der Waals surface area contributed by atoms with Crippen molar-refractivity contribution in [3.63, 3.8) is 0 Å². The van der Waals surface area contributed by atoms with Crippen LogP contribution >= 0.6 is 15.9 Å². The van der Waals surface area contributed by atoms with Crippen molar-refractivity contribution in [3.05, 3.63) is 0 Å². The molecule has 0 heterocycles. The van der Waals surface area contributed by atoms with Crippen LogP contribution in [-0.2, 0) is 61.9 Å². The monoisotopic (exact) mass is 986 g/mol. The van der Waals surface area contributed by atoms with Gasteiger partial charge in [0.1, 0.15) is 6.04 Å². The van der Waals surface area contributed by atoms with E-state index >= 15 is 0 Å². The Bertz CT molecular complexity index is 1110. The van der Waals surface area contributed by atoms with Gasteiger partial charge < -0.3 is 64.1 Å². The van der Waals surface area contributed by atoms with Gasteiger partial charge >= 0.3 is 11.9 Å². The number of halogens is 1. The molecule has 0 radical (unpaired) electrons. The van der Waals surface area contributed by atoms with Crippen molar-refractivity contribution in [2.24, 2.45) is 0 Å². The van der Waals surface area contributed by atoms with Crippen LogP contribution in [0.3, 0.4) is 0 Å². The second-order valence-corrected chi connectivity index (χ2v) is 15.8. The highest BCUT2D eigenvalue weighted by molar-refractivity contribution is 9.09. The molecule has 0 aromatic rings. The van der Waals surface area contributed by atoms with E-state index in [1.165, 1.54) is 44.9 Å². The normalized spacial score (nSPS) is 11.7. The first-order valence-corrected chi connectivity index (χ1v) is 24.8. The van der Waals surface area contributed by atoms with Gasteiger partial charge in [-0.15, -0.1) is 0 Å². The largest absolute Gasteiger partial charge is 0.481 e. The number of amides is 3. The number of carboxylic acids is 2. The molecule has 18 nitrogen and oxygen atoms in total. The first kappa shape index (κ1) is 61.5. The molecule has 0 saturated heterocycles. The fourth-order valence-electron chi connectivity index (χ4n) is 6.11. The third kappa shape index (κ3) is 49.0. The second-order valence-electron chi connectivity index (χ2n) is 15.3. The van der Waals surface area contributed by atoms with E-state index in [0.29, 0.717) is 138 Å². The SMILES string of the molecule is O=C(O)CCCCCCCCCCCCCCCCC(=O)NC(CCCCNC(=O)CCOCCOCCOCCOCCOCCOCCOCCOCCNC(=O)CBr)C(=O)O. The fourth-order valence-corrected chi connectivity index (χ4v) is 6.31. The van der Waals surface area contributed by atoms with Crippen LogP contribution in [0.2, 0.25) is 0 Å². The number of carboxylic acid groups (broad SMARTS) is 2. The Morgan fingerprint density at radius 2 is 0.734 bits per heavy atom. The Morgan fingerprint density at radius 3 is 1.12 bits per heavy atom. The highest BCUT2D eigenvalue weighted by Gasteiger charge is 2.19. The Kier molecular flexibility index (Phi) is 48.0. The van der Waals surface area contributed by atoms with Gasteiger partial charge in [0.25, 0.3) is 0 Å². The molecule has 0 rings (SSSR count). The summed E-state index contributed by atoms with van der Waals surface area (Å²) >= 11 is 3.08. The number of nitrogens with one attached hydrogen (secondary N) is 3. The van der Waals surface area contributed by atoms with Crippen LogP contribution < -0.4 is 16.0 Å². The summed E-state index contributed by atoms with van der Waals surface area (Å²) < 4.78 is 43.6. The lowest BCUT2D eigenvalue weighted by Crippen LogP contribution is -2.40. The number of hydrogen-bond donors (Lipinski definition) is 5. The van der Waals surface area contributed by atoms with Gasteiger partial charge in [-0.25, -0.2) is 4.79 Å². The summed E-state index contributed by atoms with van der Waals surface area (Å²) in [5, 5.41) is 26.7. The minimum atomic E-state index is -1.05. The molecule has 0 bridgehead atoms. The molecule has 0 aliphatic carbocycles. The van der Waals surface area contributed by atoms with Crippen molar-refractivity contribution in [2.75, 3.05) is 124 Å². The molecule has 0 aromatic heterocycles. The van der Waals surface area contributed by atoms with E-state index in [9.17, 15) is 29.1 Å². The molecule has 64 heavy (non-hydrogen) atoms. The number of ether oxygens (including phenoxy) is 8. The molecule has 0 aromatic carbocycles. The average molecular weight is 987 g/mol. The lowest BCUT2D eigenvalue weighted by atomic mass is 10.0. The van der Waals surface area contributed by atoms with Gasteiger partial charge in [0.05, 0.1) is 111 Å². The van der Waals surface area contributed by atoms with Crippen LogP contribution in [0.5, 0.6) is 0 Å². The van der Waals surface area contributed by atoms with Crippen molar-refractivity contribution in [1.29, 1.82) is 0 Å². The van der Waals surface area contributed by atoms with Gasteiger partial charge in [-0.2, -0.15) is 0 Å². The average Bonchev–Trinajstić information content (AvgIpc) is 3.27. The zero-order valence-electron chi connectivity index (χ0n) is 38.7. The first-order valence-electron chi connectivity index (χ1n) is 23.7. The highest BCUT2D eigenvalue weighted by Crippen LogP contribution is 2.14. The number of aliphatic carboxylic acids is 2. The topological polar surface area (TPSA) is 236 Å². The summed E-state index contributed by atoms with van der Waals surface area (Å²) in [6.07, 6.45) is 17.7. The summed E-state index contributed by atoms with van der Waals surface area (Å²) in [4.78, 5) is 57.7. The summed E-state index contributed by atoms with van der Waals surface area (Å²) in [5.41, 5.74) is 0. The molecule has 5 N–H and O–H groups in total. The third-order valence-electron chi connectivity index (χ3n) is 9.69. The van der Waals surface area contributed by atoms with E-state index in [2.05, 4.69) is 31.9 Å². The van der Waals surface area contributed by atoms with E-state index in [4.69, 9.17) is 43.0 Å². The standard InChI is InChI=1S/C45H84BrN3O15/c46-39-43(52)48-22-24-58-26-28-60-30-32-62-34-36-64-38-37-63-35-33-61-31-29-59-27-25-57-23-20-41(50)47-21-16-15-17-40(45(55)56)49-42(51)18-13-11-9-7-5-3-1-2-4-6-8-10-12-14-19-44(53)54/h40H,1-39H2,(H,47,50)(H,48,52)(H,49,51)(H,53,54)(H,55,56). The third-order valence-corrected chi connectivity index (χ3v) is 10.2. The minimum absolute atomic E-state index is 0.0696. The van der Waals surface area contributed by atoms with Crippen molar-refractivity contribution >= 4 is 45.6 Å². The Hall–Kier alpha value is -2.49. The molecule has 1 atom stereocenters. The Balaban J connectivity index is 3.45. The maximum atomic E-state index is 12.3. The lowest BCUT2D eigenvalue weighted by molar-refractivity contribution is -0.142. The Morgan fingerprint density at radius 1 is 0.375 bits per heavy atom. The van der Waals surface area contributed by atoms with E-state index in [1.807, 2.05) is 0 Å². The zero-order valence-corrected chi connectivity index (χ0v) is 40.3. The van der Waals surface area contributed by atoms with E-state index < -0.39 is 18.0 Å². The van der Waals surface area contributed by atoms with Gasteiger partial charge in [-0.3, -0.25) is 19.2 Å². The molecular formula is C45H84BrN3O15. The number of hydrogen-bond acceptors (Lipinski definition) is 13. The molecule has 0 spiro atoms. The molecule has 1 unspecified atom stereocenters. The van der Waals surface area contributed by atoms with E-state index in [0.717, 1.165) is 44.9 Å². The van der Waals surface area contributed by atoms with Crippen LogP contribution in [-0.4, -0.2) is 170 Å².